The van der Waals surface area contributed by atoms with Crippen molar-refractivity contribution in [3.05, 3.63) is 34.4 Å². The fraction of sp³-hybridized carbons (Fsp3) is 0.727. The van der Waals surface area contributed by atoms with E-state index in [-0.39, 0.29) is 0 Å². The molecular weight excluding hydrogens is 294 g/mol. The summed E-state index contributed by atoms with van der Waals surface area (Å²) in [6.45, 7) is 14.1. The zero-order valence-electron chi connectivity index (χ0n) is 16.4. The summed E-state index contributed by atoms with van der Waals surface area (Å²) in [4.78, 5) is 2.77. The van der Waals surface area contributed by atoms with Crippen LogP contribution >= 0.6 is 0 Å². The van der Waals surface area contributed by atoms with Crippen molar-refractivity contribution in [2.45, 2.75) is 72.8 Å². The molecule has 24 heavy (non-hydrogen) atoms. The van der Waals surface area contributed by atoms with Crippen molar-refractivity contribution in [2.24, 2.45) is 11.8 Å². The molecule has 0 aliphatic carbocycles. The van der Waals surface area contributed by atoms with Crippen molar-refractivity contribution < 1.29 is 5.11 Å². The van der Waals surface area contributed by atoms with Crippen LogP contribution in [-0.4, -0.2) is 29.7 Å². The van der Waals surface area contributed by atoms with Crippen molar-refractivity contribution in [1.29, 1.82) is 0 Å². The van der Waals surface area contributed by atoms with Gasteiger partial charge in [0.05, 0.1) is 0 Å². The molecule has 2 unspecified atom stereocenters. The molecule has 0 saturated carbocycles. The number of aryl methyl sites for hydroxylation is 2. The number of rotatable bonds is 3. The summed E-state index contributed by atoms with van der Waals surface area (Å²) in [5.74, 6) is 1.78. The van der Waals surface area contributed by atoms with E-state index < -0.39 is 0 Å². The summed E-state index contributed by atoms with van der Waals surface area (Å²) >= 11 is 0. The molecule has 2 heteroatoms. The minimum Gasteiger partial charge on any atom is -0.396 e. The number of hydrogen-bond donors (Lipinski definition) is 1. The first kappa shape index (κ1) is 19.5. The molecule has 2 nitrogen and oxygen atoms in total. The number of fused-ring (bicyclic) bond motifs is 3. The Morgan fingerprint density at radius 3 is 2.46 bits per heavy atom. The van der Waals surface area contributed by atoms with Gasteiger partial charge in [-0.3, -0.25) is 4.90 Å². The highest BCUT2D eigenvalue weighted by Gasteiger charge is 2.33. The number of benzene rings is 1. The van der Waals surface area contributed by atoms with Crippen LogP contribution in [0.1, 0.15) is 74.8 Å². The molecule has 2 heterocycles. The van der Waals surface area contributed by atoms with Gasteiger partial charge in [-0.15, -0.1) is 0 Å². The highest BCUT2D eigenvalue weighted by atomic mass is 16.2. The Kier molecular flexibility index (Phi) is 7.31. The summed E-state index contributed by atoms with van der Waals surface area (Å²) in [5, 5.41) is 7.88. The van der Waals surface area contributed by atoms with Crippen LogP contribution in [0.4, 0.5) is 0 Å². The van der Waals surface area contributed by atoms with E-state index in [9.17, 15) is 0 Å². The van der Waals surface area contributed by atoms with Crippen molar-refractivity contribution in [3.8, 4) is 0 Å². The second-order valence-electron chi connectivity index (χ2n) is 8.19. The highest BCUT2D eigenvalue weighted by molar-refractivity contribution is 5.40. The molecule has 1 N–H and O–H groups in total. The molecule has 1 aromatic carbocycles. The molecule has 2 aliphatic heterocycles. The van der Waals surface area contributed by atoms with Gasteiger partial charge in [-0.1, -0.05) is 32.9 Å². The van der Waals surface area contributed by atoms with Gasteiger partial charge in [0.15, 0.2) is 0 Å². The largest absolute Gasteiger partial charge is 0.396 e. The van der Waals surface area contributed by atoms with E-state index in [0.717, 1.165) is 18.3 Å². The smallest absolute Gasteiger partial charge is 0.0428 e. The van der Waals surface area contributed by atoms with Crippen LogP contribution in [0, 0.1) is 25.7 Å². The molecule has 0 radical (unpaired) electrons. The second kappa shape index (κ2) is 9.01. The fourth-order valence-electron chi connectivity index (χ4n) is 4.27. The van der Waals surface area contributed by atoms with Gasteiger partial charge in [0, 0.05) is 25.7 Å². The van der Waals surface area contributed by atoms with Gasteiger partial charge in [-0.25, -0.2) is 0 Å². The number of piperidine rings is 1. The van der Waals surface area contributed by atoms with Crippen molar-refractivity contribution in [2.75, 3.05) is 19.7 Å². The third-order valence-electron chi connectivity index (χ3n) is 5.59. The Bertz CT molecular complexity index is 521. The predicted molar refractivity (Wildman–Crippen MR) is 103 cm³/mol. The lowest BCUT2D eigenvalue weighted by Crippen LogP contribution is -2.42. The third kappa shape index (κ3) is 4.83. The van der Waals surface area contributed by atoms with E-state index in [0.29, 0.717) is 12.6 Å². The SMILES string of the molecule is CCCO.Cc1cc2c(cc1C)C1CCC(CC(C)C)CN1CC2. The average molecular weight is 332 g/mol. The lowest BCUT2D eigenvalue weighted by molar-refractivity contribution is 0.0896. The molecule has 0 aromatic heterocycles. The van der Waals surface area contributed by atoms with Crippen LogP contribution in [-0.2, 0) is 6.42 Å². The molecular formula is C22H37NO. The van der Waals surface area contributed by atoms with Gasteiger partial charge >= 0.3 is 0 Å². The molecule has 136 valence electrons. The van der Waals surface area contributed by atoms with Gasteiger partial charge < -0.3 is 5.11 Å². The molecule has 0 amide bonds. The van der Waals surface area contributed by atoms with Crippen LogP contribution in [0.15, 0.2) is 12.1 Å². The van der Waals surface area contributed by atoms with Gasteiger partial charge in [0.2, 0.25) is 0 Å². The average Bonchev–Trinajstić information content (AvgIpc) is 2.55. The van der Waals surface area contributed by atoms with E-state index in [1.165, 1.54) is 49.9 Å². The van der Waals surface area contributed by atoms with Crippen LogP contribution < -0.4 is 0 Å². The summed E-state index contributed by atoms with van der Waals surface area (Å²) in [5.41, 5.74) is 6.19. The van der Waals surface area contributed by atoms with E-state index in [1.54, 1.807) is 11.1 Å². The Balaban J connectivity index is 0.000000471. The number of hydrogen-bond acceptors (Lipinski definition) is 2. The lowest BCUT2D eigenvalue weighted by Gasteiger charge is -2.44. The molecule has 2 aliphatic rings. The van der Waals surface area contributed by atoms with Gasteiger partial charge in [0.1, 0.15) is 0 Å². The second-order valence-corrected chi connectivity index (χ2v) is 8.19. The Hall–Kier alpha value is -0.860. The molecule has 0 spiro atoms. The van der Waals surface area contributed by atoms with Crippen molar-refractivity contribution in [1.82, 2.24) is 4.90 Å². The predicted octanol–water partition coefficient (Wildman–Crippen LogP) is 5.05. The van der Waals surface area contributed by atoms with Gasteiger partial charge in [-0.05, 0) is 80.0 Å². The summed E-state index contributed by atoms with van der Waals surface area (Å²) < 4.78 is 0. The number of aliphatic hydroxyl groups is 1. The number of nitrogens with zero attached hydrogens (tertiary/aromatic N) is 1. The van der Waals surface area contributed by atoms with Crippen LogP contribution in [0.5, 0.6) is 0 Å². The first-order chi connectivity index (χ1) is 11.5. The van der Waals surface area contributed by atoms with E-state index in [2.05, 4.69) is 44.7 Å². The maximum absolute atomic E-state index is 7.88. The van der Waals surface area contributed by atoms with Crippen molar-refractivity contribution >= 4 is 0 Å². The molecule has 1 aromatic rings. The first-order valence-electron chi connectivity index (χ1n) is 9.91. The lowest BCUT2D eigenvalue weighted by atomic mass is 9.80. The highest BCUT2D eigenvalue weighted by Crippen LogP contribution is 2.40. The minimum atomic E-state index is 0.319. The molecule has 1 fully saturated rings. The Morgan fingerprint density at radius 2 is 1.83 bits per heavy atom. The maximum atomic E-state index is 7.88. The van der Waals surface area contributed by atoms with Crippen LogP contribution in [0.2, 0.25) is 0 Å². The standard InChI is InChI=1S/C19H29N.C3H8O/c1-13(2)9-16-5-6-19-18-11-15(4)14(3)10-17(18)7-8-20(19)12-16;1-2-3-4/h10-11,13,16,19H,5-9,12H2,1-4H3;4H,2-3H2,1H3. The van der Waals surface area contributed by atoms with Gasteiger partial charge in [0.25, 0.3) is 0 Å². The zero-order valence-corrected chi connectivity index (χ0v) is 16.4. The molecule has 3 rings (SSSR count). The molecule has 1 saturated heterocycles. The summed E-state index contributed by atoms with van der Waals surface area (Å²) in [6, 6.07) is 5.63. The molecule has 0 bridgehead atoms. The van der Waals surface area contributed by atoms with E-state index >= 15 is 0 Å². The summed E-state index contributed by atoms with van der Waals surface area (Å²) in [7, 11) is 0. The van der Waals surface area contributed by atoms with E-state index in [1.807, 2.05) is 6.92 Å². The maximum Gasteiger partial charge on any atom is 0.0428 e. The minimum absolute atomic E-state index is 0.319. The van der Waals surface area contributed by atoms with Crippen molar-refractivity contribution in [3.63, 3.8) is 0 Å². The fourth-order valence-corrected chi connectivity index (χ4v) is 4.27. The topological polar surface area (TPSA) is 23.5 Å². The summed E-state index contributed by atoms with van der Waals surface area (Å²) in [6.07, 6.45) is 6.32. The monoisotopic (exact) mass is 331 g/mol. The van der Waals surface area contributed by atoms with Crippen LogP contribution in [0.25, 0.3) is 0 Å². The third-order valence-corrected chi connectivity index (χ3v) is 5.59. The van der Waals surface area contributed by atoms with Gasteiger partial charge in [-0.2, -0.15) is 0 Å². The normalized spacial score (nSPS) is 23.3. The molecule has 2 atom stereocenters. The Morgan fingerprint density at radius 1 is 1.17 bits per heavy atom. The Labute approximate surface area is 149 Å². The van der Waals surface area contributed by atoms with Crippen LogP contribution in [0.3, 0.4) is 0 Å². The quantitative estimate of drug-likeness (QED) is 0.838. The first-order valence-corrected chi connectivity index (χ1v) is 9.91. The van der Waals surface area contributed by atoms with E-state index in [4.69, 9.17) is 5.11 Å². The zero-order chi connectivity index (χ0) is 17.7. The number of aliphatic hydroxyl groups excluding tert-OH is 1.